The van der Waals surface area contributed by atoms with Crippen molar-refractivity contribution in [2.24, 2.45) is 7.05 Å². The summed E-state index contributed by atoms with van der Waals surface area (Å²) < 4.78 is 1.69. The van der Waals surface area contributed by atoms with Crippen molar-refractivity contribution in [3.63, 3.8) is 0 Å². The van der Waals surface area contributed by atoms with Crippen molar-refractivity contribution in [2.75, 3.05) is 13.7 Å². The fourth-order valence-electron chi connectivity index (χ4n) is 2.42. The van der Waals surface area contributed by atoms with Crippen LogP contribution in [0.5, 0.6) is 0 Å². The van der Waals surface area contributed by atoms with Crippen molar-refractivity contribution < 1.29 is 9.90 Å². The van der Waals surface area contributed by atoms with Crippen LogP contribution in [0.3, 0.4) is 0 Å². The van der Waals surface area contributed by atoms with Gasteiger partial charge < -0.3 is 10.0 Å². The Bertz CT molecular complexity index is 607. The molecule has 0 bridgehead atoms. The smallest absolute Gasteiger partial charge is 0.257 e. The van der Waals surface area contributed by atoms with E-state index in [2.05, 4.69) is 5.10 Å². The van der Waals surface area contributed by atoms with Gasteiger partial charge in [0.1, 0.15) is 0 Å². The van der Waals surface area contributed by atoms with E-state index in [4.69, 9.17) is 0 Å². The van der Waals surface area contributed by atoms with Crippen molar-refractivity contribution in [2.45, 2.75) is 19.4 Å². The number of rotatable bonds is 5. The SMILES string of the molecule is Cc1c(C(=O)N(C)C(CCO)c2ccccc2)cnn1C. The second kappa shape index (κ2) is 6.54. The van der Waals surface area contributed by atoms with Crippen molar-refractivity contribution in [1.29, 1.82) is 0 Å². The summed E-state index contributed by atoms with van der Waals surface area (Å²) in [4.78, 5) is 14.3. The highest BCUT2D eigenvalue weighted by Crippen LogP contribution is 2.25. The van der Waals surface area contributed by atoms with Crippen LogP contribution in [0, 0.1) is 6.92 Å². The summed E-state index contributed by atoms with van der Waals surface area (Å²) in [6, 6.07) is 9.61. The first kappa shape index (κ1) is 15.3. The molecule has 1 amide bonds. The average molecular weight is 287 g/mol. The Morgan fingerprint density at radius 1 is 1.38 bits per heavy atom. The van der Waals surface area contributed by atoms with E-state index in [-0.39, 0.29) is 18.6 Å². The topological polar surface area (TPSA) is 58.4 Å². The number of aliphatic hydroxyl groups is 1. The number of amides is 1. The second-order valence-corrected chi connectivity index (χ2v) is 5.12. The summed E-state index contributed by atoms with van der Waals surface area (Å²) in [6.07, 6.45) is 2.10. The van der Waals surface area contributed by atoms with E-state index >= 15 is 0 Å². The first-order chi connectivity index (χ1) is 10.1. The van der Waals surface area contributed by atoms with Gasteiger partial charge in [-0.05, 0) is 18.9 Å². The molecule has 0 saturated heterocycles. The van der Waals surface area contributed by atoms with Crippen molar-refractivity contribution in [3.8, 4) is 0 Å². The zero-order chi connectivity index (χ0) is 15.4. The largest absolute Gasteiger partial charge is 0.396 e. The Morgan fingerprint density at radius 3 is 2.57 bits per heavy atom. The van der Waals surface area contributed by atoms with Crippen molar-refractivity contribution in [1.82, 2.24) is 14.7 Å². The lowest BCUT2D eigenvalue weighted by atomic mass is 10.0. The highest BCUT2D eigenvalue weighted by atomic mass is 16.3. The molecular weight excluding hydrogens is 266 g/mol. The van der Waals surface area contributed by atoms with E-state index in [0.717, 1.165) is 11.3 Å². The Hall–Kier alpha value is -2.14. The lowest BCUT2D eigenvalue weighted by Crippen LogP contribution is -2.32. The molecule has 0 aliphatic carbocycles. The molecule has 112 valence electrons. The van der Waals surface area contributed by atoms with Crippen LogP contribution < -0.4 is 0 Å². The zero-order valence-electron chi connectivity index (χ0n) is 12.7. The van der Waals surface area contributed by atoms with E-state index in [0.29, 0.717) is 12.0 Å². The molecular formula is C16H21N3O2. The molecule has 0 saturated carbocycles. The summed E-state index contributed by atoms with van der Waals surface area (Å²) in [6.45, 7) is 1.90. The molecule has 1 aromatic carbocycles. The van der Waals surface area contributed by atoms with Crippen LogP contribution in [-0.2, 0) is 7.05 Å². The molecule has 2 aromatic rings. The zero-order valence-corrected chi connectivity index (χ0v) is 12.7. The molecule has 1 N–H and O–H groups in total. The molecule has 5 heteroatoms. The van der Waals surface area contributed by atoms with Gasteiger partial charge >= 0.3 is 0 Å². The minimum absolute atomic E-state index is 0.0310. The quantitative estimate of drug-likeness (QED) is 0.914. The maximum absolute atomic E-state index is 12.7. The Kier molecular flexibility index (Phi) is 4.75. The third-order valence-electron chi connectivity index (χ3n) is 3.84. The van der Waals surface area contributed by atoms with E-state index in [1.165, 1.54) is 0 Å². The molecule has 0 fully saturated rings. The lowest BCUT2D eigenvalue weighted by Gasteiger charge is -2.28. The maximum atomic E-state index is 12.7. The number of nitrogens with zero attached hydrogens (tertiary/aromatic N) is 3. The van der Waals surface area contributed by atoms with Gasteiger partial charge in [0.25, 0.3) is 5.91 Å². The van der Waals surface area contributed by atoms with Crippen molar-refractivity contribution >= 4 is 5.91 Å². The summed E-state index contributed by atoms with van der Waals surface area (Å²) in [5.74, 6) is -0.0806. The van der Waals surface area contributed by atoms with E-state index < -0.39 is 0 Å². The van der Waals surface area contributed by atoms with Crippen LogP contribution in [0.2, 0.25) is 0 Å². The number of hydrogen-bond donors (Lipinski definition) is 1. The summed E-state index contributed by atoms with van der Waals surface area (Å²) in [5.41, 5.74) is 2.45. The van der Waals surface area contributed by atoms with Gasteiger partial charge in [0.15, 0.2) is 0 Å². The third kappa shape index (κ3) is 3.13. The van der Waals surface area contributed by atoms with Crippen LogP contribution in [0.25, 0.3) is 0 Å². The summed E-state index contributed by atoms with van der Waals surface area (Å²) in [7, 11) is 3.58. The van der Waals surface area contributed by atoms with Crippen LogP contribution in [0.4, 0.5) is 0 Å². The van der Waals surface area contributed by atoms with E-state index in [1.807, 2.05) is 44.3 Å². The Labute approximate surface area is 124 Å². The lowest BCUT2D eigenvalue weighted by molar-refractivity contribution is 0.0704. The Balaban J connectivity index is 2.28. The van der Waals surface area contributed by atoms with Crippen LogP contribution in [-0.4, -0.2) is 39.3 Å². The van der Waals surface area contributed by atoms with Crippen LogP contribution in [0.15, 0.2) is 36.5 Å². The van der Waals surface area contributed by atoms with Crippen LogP contribution in [0.1, 0.15) is 34.1 Å². The molecule has 0 aliphatic heterocycles. The van der Waals surface area contributed by atoms with Gasteiger partial charge in [0, 0.05) is 26.4 Å². The van der Waals surface area contributed by atoms with Gasteiger partial charge in [-0.25, -0.2) is 0 Å². The summed E-state index contributed by atoms with van der Waals surface area (Å²) in [5, 5.41) is 13.4. The van der Waals surface area contributed by atoms with Crippen molar-refractivity contribution in [3.05, 3.63) is 53.3 Å². The van der Waals surface area contributed by atoms with Gasteiger partial charge in [-0.15, -0.1) is 0 Å². The number of benzene rings is 1. The van der Waals surface area contributed by atoms with Gasteiger partial charge in [-0.1, -0.05) is 30.3 Å². The fourth-order valence-corrected chi connectivity index (χ4v) is 2.42. The monoisotopic (exact) mass is 287 g/mol. The molecule has 1 atom stereocenters. The predicted octanol–water partition coefficient (Wildman–Crippen LogP) is 1.92. The normalized spacial score (nSPS) is 12.2. The van der Waals surface area contributed by atoms with E-state index in [9.17, 15) is 9.90 Å². The number of hydrogen-bond acceptors (Lipinski definition) is 3. The van der Waals surface area contributed by atoms with Gasteiger partial charge in [-0.3, -0.25) is 9.48 Å². The molecule has 0 radical (unpaired) electrons. The number of aryl methyl sites for hydroxylation is 1. The van der Waals surface area contributed by atoms with Crippen LogP contribution >= 0.6 is 0 Å². The minimum Gasteiger partial charge on any atom is -0.396 e. The first-order valence-corrected chi connectivity index (χ1v) is 6.97. The first-order valence-electron chi connectivity index (χ1n) is 6.97. The molecule has 1 heterocycles. The predicted molar refractivity (Wildman–Crippen MR) is 80.9 cm³/mol. The molecule has 0 spiro atoms. The molecule has 1 aromatic heterocycles. The molecule has 5 nitrogen and oxygen atoms in total. The molecule has 1 unspecified atom stereocenters. The fraction of sp³-hybridized carbons (Fsp3) is 0.375. The van der Waals surface area contributed by atoms with E-state index in [1.54, 1.807) is 22.8 Å². The number of carbonyl (C=O) groups is 1. The standard InChI is InChI=1S/C16H21N3O2/c1-12-14(11-17-19(12)3)16(21)18(2)15(9-10-20)13-7-5-4-6-8-13/h4-8,11,15,20H,9-10H2,1-3H3. The van der Waals surface area contributed by atoms with Gasteiger partial charge in [-0.2, -0.15) is 5.10 Å². The maximum Gasteiger partial charge on any atom is 0.257 e. The highest BCUT2D eigenvalue weighted by molar-refractivity contribution is 5.95. The molecule has 2 rings (SSSR count). The third-order valence-corrected chi connectivity index (χ3v) is 3.84. The van der Waals surface area contributed by atoms with Gasteiger partial charge in [0.05, 0.1) is 17.8 Å². The molecule has 0 aliphatic rings. The Morgan fingerprint density at radius 2 is 2.05 bits per heavy atom. The number of aromatic nitrogens is 2. The number of aliphatic hydroxyl groups excluding tert-OH is 1. The molecule has 21 heavy (non-hydrogen) atoms. The highest BCUT2D eigenvalue weighted by Gasteiger charge is 2.24. The summed E-state index contributed by atoms with van der Waals surface area (Å²) >= 11 is 0. The second-order valence-electron chi connectivity index (χ2n) is 5.12. The van der Waals surface area contributed by atoms with Gasteiger partial charge in [0.2, 0.25) is 0 Å². The number of carbonyl (C=O) groups excluding carboxylic acids is 1. The minimum atomic E-state index is -0.150. The average Bonchev–Trinajstić information content (AvgIpc) is 2.84.